The van der Waals surface area contributed by atoms with Gasteiger partial charge in [-0.3, -0.25) is 9.36 Å². The van der Waals surface area contributed by atoms with Crippen LogP contribution in [0.5, 0.6) is 0 Å². The van der Waals surface area contributed by atoms with Gasteiger partial charge in [0.25, 0.3) is 0 Å². The summed E-state index contributed by atoms with van der Waals surface area (Å²) in [5.41, 5.74) is 3.47. The van der Waals surface area contributed by atoms with Crippen LogP contribution in [0, 0.1) is 12.7 Å². The molecular formula is C25H24FN5OS. The summed E-state index contributed by atoms with van der Waals surface area (Å²) < 4.78 is 15.1. The number of nitrogens with zero attached hydrogens (tertiary/aromatic N) is 3. The van der Waals surface area contributed by atoms with Crippen LogP contribution in [-0.2, 0) is 11.3 Å². The molecule has 0 fully saturated rings. The Morgan fingerprint density at radius 2 is 1.70 bits per heavy atom. The molecule has 0 saturated carbocycles. The van der Waals surface area contributed by atoms with Crippen LogP contribution in [0.4, 0.5) is 15.8 Å². The van der Waals surface area contributed by atoms with Gasteiger partial charge in [0.1, 0.15) is 5.82 Å². The molecule has 0 radical (unpaired) electrons. The number of para-hydroxylation sites is 2. The lowest BCUT2D eigenvalue weighted by Gasteiger charge is -2.15. The van der Waals surface area contributed by atoms with Crippen LogP contribution in [0.1, 0.15) is 18.3 Å². The number of aryl methyl sites for hydroxylation is 1. The van der Waals surface area contributed by atoms with Gasteiger partial charge >= 0.3 is 0 Å². The number of hydrogen-bond acceptors (Lipinski definition) is 5. The van der Waals surface area contributed by atoms with Crippen molar-refractivity contribution in [2.24, 2.45) is 0 Å². The largest absolute Gasteiger partial charge is 0.378 e. The molecule has 0 spiro atoms. The molecular weight excluding hydrogens is 437 g/mol. The maximum atomic E-state index is 13.2. The number of halogens is 1. The fourth-order valence-electron chi connectivity index (χ4n) is 3.24. The number of nitrogens with one attached hydrogen (secondary N) is 2. The van der Waals surface area contributed by atoms with Crippen molar-refractivity contribution in [2.75, 3.05) is 10.6 Å². The van der Waals surface area contributed by atoms with Gasteiger partial charge in [0.05, 0.1) is 11.8 Å². The molecule has 168 valence electrons. The van der Waals surface area contributed by atoms with Crippen molar-refractivity contribution in [3.8, 4) is 5.69 Å². The van der Waals surface area contributed by atoms with Gasteiger partial charge in [0.2, 0.25) is 5.91 Å². The van der Waals surface area contributed by atoms with E-state index in [1.165, 1.54) is 23.9 Å². The Labute approximate surface area is 196 Å². The van der Waals surface area contributed by atoms with Gasteiger partial charge in [-0.2, -0.15) is 0 Å². The maximum Gasteiger partial charge on any atom is 0.237 e. The molecule has 33 heavy (non-hydrogen) atoms. The zero-order valence-electron chi connectivity index (χ0n) is 18.3. The van der Waals surface area contributed by atoms with E-state index in [4.69, 9.17) is 0 Å². The van der Waals surface area contributed by atoms with E-state index in [-0.39, 0.29) is 11.7 Å². The first-order valence-corrected chi connectivity index (χ1v) is 11.4. The summed E-state index contributed by atoms with van der Waals surface area (Å²) in [7, 11) is 0. The minimum Gasteiger partial charge on any atom is -0.378 e. The second-order valence-electron chi connectivity index (χ2n) is 7.49. The van der Waals surface area contributed by atoms with Crippen LogP contribution < -0.4 is 10.6 Å². The average Bonchev–Trinajstić information content (AvgIpc) is 3.23. The van der Waals surface area contributed by atoms with Crippen molar-refractivity contribution in [1.29, 1.82) is 0 Å². The predicted octanol–water partition coefficient (Wildman–Crippen LogP) is 5.45. The number of benzene rings is 3. The second kappa shape index (κ2) is 10.3. The minimum absolute atomic E-state index is 0.108. The van der Waals surface area contributed by atoms with E-state index in [2.05, 4.69) is 20.8 Å². The third kappa shape index (κ3) is 5.59. The summed E-state index contributed by atoms with van der Waals surface area (Å²) in [6.45, 7) is 4.19. The molecule has 8 heteroatoms. The molecule has 1 amide bonds. The first-order chi connectivity index (χ1) is 16.0. The highest BCUT2D eigenvalue weighted by atomic mass is 32.2. The van der Waals surface area contributed by atoms with E-state index >= 15 is 0 Å². The van der Waals surface area contributed by atoms with Crippen molar-refractivity contribution in [1.82, 2.24) is 14.8 Å². The van der Waals surface area contributed by atoms with Gasteiger partial charge < -0.3 is 10.6 Å². The Morgan fingerprint density at radius 3 is 2.42 bits per heavy atom. The van der Waals surface area contributed by atoms with Crippen LogP contribution in [0.3, 0.4) is 0 Å². The minimum atomic E-state index is -0.394. The molecule has 0 bridgehead atoms. The van der Waals surface area contributed by atoms with Gasteiger partial charge in [0, 0.05) is 17.1 Å². The third-order valence-electron chi connectivity index (χ3n) is 5.06. The molecule has 0 saturated heterocycles. The van der Waals surface area contributed by atoms with E-state index in [1.54, 1.807) is 12.1 Å². The van der Waals surface area contributed by atoms with Crippen LogP contribution in [0.25, 0.3) is 5.69 Å². The number of hydrogen-bond donors (Lipinski definition) is 2. The average molecular weight is 462 g/mol. The summed E-state index contributed by atoms with van der Waals surface area (Å²) in [5.74, 6) is 0.284. The van der Waals surface area contributed by atoms with E-state index < -0.39 is 5.25 Å². The highest BCUT2D eigenvalue weighted by Gasteiger charge is 2.21. The monoisotopic (exact) mass is 461 g/mol. The fraction of sp³-hybridized carbons (Fsp3) is 0.160. The molecule has 1 aromatic heterocycles. The lowest BCUT2D eigenvalue weighted by atomic mass is 10.2. The Bertz CT molecular complexity index is 1230. The summed E-state index contributed by atoms with van der Waals surface area (Å²) in [6, 6.07) is 23.6. The van der Waals surface area contributed by atoms with Crippen LogP contribution in [-0.4, -0.2) is 25.9 Å². The zero-order chi connectivity index (χ0) is 23.2. The van der Waals surface area contributed by atoms with Gasteiger partial charge in [-0.1, -0.05) is 48.2 Å². The number of rotatable bonds is 8. The van der Waals surface area contributed by atoms with Crippen LogP contribution in [0.2, 0.25) is 0 Å². The van der Waals surface area contributed by atoms with Crippen molar-refractivity contribution in [2.45, 2.75) is 30.8 Å². The standard InChI is InChI=1S/C25H24FN5OS/c1-17-8-6-7-11-22(17)28-24(32)18(2)33-25-30-29-23(31(25)21-9-4-3-5-10-21)16-27-20-14-12-19(26)13-15-20/h3-15,18,27H,16H2,1-2H3,(H,28,32)/t18-/m0/s1. The summed E-state index contributed by atoms with van der Waals surface area (Å²) in [5, 5.41) is 15.2. The number of carbonyl (C=O) groups excluding carboxylic acids is 1. The lowest BCUT2D eigenvalue weighted by Crippen LogP contribution is -2.23. The first-order valence-electron chi connectivity index (χ1n) is 10.5. The molecule has 2 N–H and O–H groups in total. The summed E-state index contributed by atoms with van der Waals surface area (Å²) in [6.07, 6.45) is 0. The molecule has 3 aromatic carbocycles. The number of amides is 1. The zero-order valence-corrected chi connectivity index (χ0v) is 19.1. The van der Waals surface area contributed by atoms with Crippen LogP contribution in [0.15, 0.2) is 84.0 Å². The molecule has 1 heterocycles. The summed E-state index contributed by atoms with van der Waals surface area (Å²) in [4.78, 5) is 12.8. The van der Waals surface area contributed by atoms with E-state index in [0.29, 0.717) is 17.5 Å². The third-order valence-corrected chi connectivity index (χ3v) is 6.11. The maximum absolute atomic E-state index is 13.2. The van der Waals surface area contributed by atoms with E-state index in [9.17, 15) is 9.18 Å². The molecule has 1 atom stereocenters. The van der Waals surface area contributed by atoms with Gasteiger partial charge in [0.15, 0.2) is 11.0 Å². The Balaban J connectivity index is 1.54. The van der Waals surface area contributed by atoms with Gasteiger partial charge in [-0.15, -0.1) is 10.2 Å². The number of thioether (sulfide) groups is 1. The fourth-order valence-corrected chi connectivity index (χ4v) is 4.12. The van der Waals surface area contributed by atoms with Crippen LogP contribution >= 0.6 is 11.8 Å². The van der Waals surface area contributed by atoms with Crippen molar-refractivity contribution >= 4 is 29.0 Å². The smallest absolute Gasteiger partial charge is 0.237 e. The highest BCUT2D eigenvalue weighted by molar-refractivity contribution is 8.00. The molecule has 4 aromatic rings. The number of carbonyl (C=O) groups is 1. The second-order valence-corrected chi connectivity index (χ2v) is 8.80. The predicted molar refractivity (Wildman–Crippen MR) is 130 cm³/mol. The van der Waals surface area contributed by atoms with E-state index in [0.717, 1.165) is 22.6 Å². The molecule has 0 unspecified atom stereocenters. The molecule has 0 aliphatic rings. The SMILES string of the molecule is Cc1ccccc1NC(=O)[C@H](C)Sc1nnc(CNc2ccc(F)cc2)n1-c1ccccc1. The Morgan fingerprint density at radius 1 is 1.00 bits per heavy atom. The molecule has 0 aliphatic heterocycles. The Kier molecular flexibility index (Phi) is 7.04. The molecule has 6 nitrogen and oxygen atoms in total. The molecule has 0 aliphatic carbocycles. The quantitative estimate of drug-likeness (QED) is 0.342. The molecule has 4 rings (SSSR count). The van der Waals surface area contributed by atoms with E-state index in [1.807, 2.05) is 73.0 Å². The summed E-state index contributed by atoms with van der Waals surface area (Å²) >= 11 is 1.34. The lowest BCUT2D eigenvalue weighted by molar-refractivity contribution is -0.115. The van der Waals surface area contributed by atoms with Crippen molar-refractivity contribution in [3.05, 3.63) is 96.1 Å². The topological polar surface area (TPSA) is 71.8 Å². The van der Waals surface area contributed by atoms with Gasteiger partial charge in [-0.05, 0) is 61.9 Å². The first kappa shape index (κ1) is 22.5. The number of anilines is 2. The highest BCUT2D eigenvalue weighted by Crippen LogP contribution is 2.27. The van der Waals surface area contributed by atoms with Crippen molar-refractivity contribution < 1.29 is 9.18 Å². The normalized spacial score (nSPS) is 11.7. The van der Waals surface area contributed by atoms with Crippen molar-refractivity contribution in [3.63, 3.8) is 0 Å². The Hall–Kier alpha value is -3.65. The van der Waals surface area contributed by atoms with Gasteiger partial charge in [-0.25, -0.2) is 4.39 Å². The number of aromatic nitrogens is 3.